The zero-order valence-electron chi connectivity index (χ0n) is 16.1. The van der Waals surface area contributed by atoms with E-state index in [-0.39, 0.29) is 11.7 Å². The molecule has 0 radical (unpaired) electrons. The smallest absolute Gasteiger partial charge is 0.252 e. The minimum Gasteiger partial charge on any atom is -0.382 e. The Balaban J connectivity index is 1.49. The molecule has 1 fully saturated rings. The van der Waals surface area contributed by atoms with Gasteiger partial charge in [-0.15, -0.1) is 0 Å². The first kappa shape index (κ1) is 20.8. The van der Waals surface area contributed by atoms with Crippen LogP contribution in [-0.4, -0.2) is 51.4 Å². The van der Waals surface area contributed by atoms with Crippen LogP contribution in [0.5, 0.6) is 0 Å². The summed E-state index contributed by atoms with van der Waals surface area (Å²) < 4.78 is 14.9. The van der Waals surface area contributed by atoms with E-state index in [9.17, 15) is 24.7 Å². The molecule has 0 aliphatic carbocycles. The minimum absolute atomic E-state index is 0.207. The second kappa shape index (κ2) is 9.03. The van der Waals surface area contributed by atoms with Crippen molar-refractivity contribution in [2.75, 3.05) is 24.5 Å². The van der Waals surface area contributed by atoms with Crippen LogP contribution >= 0.6 is 0 Å². The van der Waals surface area contributed by atoms with E-state index >= 15 is 0 Å². The summed E-state index contributed by atoms with van der Waals surface area (Å²) in [4.78, 5) is 18.2. The molecule has 2 atom stereocenters. The van der Waals surface area contributed by atoms with E-state index in [4.69, 9.17) is 0 Å². The van der Waals surface area contributed by atoms with E-state index in [2.05, 4.69) is 10.3 Å². The number of nitrogens with one attached hydrogen (secondary N) is 1. The Morgan fingerprint density at radius 1 is 1.41 bits per heavy atom. The van der Waals surface area contributed by atoms with Gasteiger partial charge in [0.15, 0.2) is 6.10 Å². The molecule has 2 aromatic rings. The van der Waals surface area contributed by atoms with Gasteiger partial charge in [-0.05, 0) is 37.0 Å². The number of halogens is 1. The predicted molar refractivity (Wildman–Crippen MR) is 103 cm³/mol. The Labute approximate surface area is 168 Å². The molecule has 1 amide bonds. The number of nitrogens with zero attached hydrogens (tertiary/aromatic N) is 4. The van der Waals surface area contributed by atoms with Crippen molar-refractivity contribution in [3.8, 4) is 6.07 Å². The number of aliphatic hydroxyl groups excluding tert-OH is 2. The van der Waals surface area contributed by atoms with Gasteiger partial charge in [-0.25, -0.2) is 9.37 Å². The van der Waals surface area contributed by atoms with Crippen molar-refractivity contribution < 1.29 is 19.4 Å². The summed E-state index contributed by atoms with van der Waals surface area (Å²) in [5.41, 5.74) is 1.02. The second-order valence-corrected chi connectivity index (χ2v) is 7.23. The maximum Gasteiger partial charge on any atom is 0.252 e. The molecule has 1 aromatic carbocycles. The zero-order chi connectivity index (χ0) is 21.0. The number of aromatic nitrogens is 2. The number of aliphatic hydroxyl groups is 2. The summed E-state index contributed by atoms with van der Waals surface area (Å²) in [7, 11) is 1.67. The Hall–Kier alpha value is -2.96. The molecule has 0 spiro atoms. The summed E-state index contributed by atoms with van der Waals surface area (Å²) in [5.74, 6) is -0.658. The molecule has 1 aliphatic rings. The number of hydrogen-bond acceptors (Lipinski definition) is 6. The average Bonchev–Trinajstić information content (AvgIpc) is 3.17. The lowest BCUT2D eigenvalue weighted by Crippen LogP contribution is -2.43. The zero-order valence-corrected chi connectivity index (χ0v) is 16.1. The quantitative estimate of drug-likeness (QED) is 0.661. The third kappa shape index (κ3) is 4.72. The standard InChI is InChI=1S/C20H24FN5O3/c1-25-9-6-23-19(25)17(27)18(28)20(29)24-12-13-4-7-26(8-5-13)16-3-2-15(21)10-14(16)11-22/h2-3,6,9-10,13,17-18,27-28H,4-5,7-8,12H2,1H3,(H,24,29)/t17-,18-/m1/s1. The van der Waals surface area contributed by atoms with Gasteiger partial charge in [0.25, 0.3) is 5.91 Å². The fourth-order valence-corrected chi connectivity index (χ4v) is 3.55. The third-order valence-corrected chi connectivity index (χ3v) is 5.29. The number of anilines is 1. The molecule has 8 nitrogen and oxygen atoms in total. The van der Waals surface area contributed by atoms with Gasteiger partial charge in [0.05, 0.1) is 11.3 Å². The van der Waals surface area contributed by atoms with Gasteiger partial charge in [-0.2, -0.15) is 5.26 Å². The number of carbonyl (C=O) groups excluding carboxylic acids is 1. The lowest BCUT2D eigenvalue weighted by atomic mass is 9.95. The van der Waals surface area contributed by atoms with Crippen molar-refractivity contribution >= 4 is 11.6 Å². The van der Waals surface area contributed by atoms with Gasteiger partial charge in [0.1, 0.15) is 23.8 Å². The van der Waals surface area contributed by atoms with Gasteiger partial charge in [-0.1, -0.05) is 0 Å². The first-order valence-corrected chi connectivity index (χ1v) is 9.46. The second-order valence-electron chi connectivity index (χ2n) is 7.23. The summed E-state index contributed by atoms with van der Waals surface area (Å²) in [6.07, 6.45) is 1.65. The van der Waals surface area contributed by atoms with Crippen molar-refractivity contribution in [2.24, 2.45) is 13.0 Å². The number of carbonyl (C=O) groups is 1. The SMILES string of the molecule is Cn1ccnc1[C@H](O)[C@@H](O)C(=O)NCC1CCN(c2ccc(F)cc2C#N)CC1. The number of benzene rings is 1. The summed E-state index contributed by atoms with van der Waals surface area (Å²) in [6, 6.07) is 6.22. The van der Waals surface area contributed by atoms with Crippen LogP contribution in [0.3, 0.4) is 0 Å². The summed E-state index contributed by atoms with van der Waals surface area (Å²) >= 11 is 0. The first-order chi connectivity index (χ1) is 13.9. The van der Waals surface area contributed by atoms with Gasteiger partial charge in [-0.3, -0.25) is 4.79 Å². The number of rotatable bonds is 6. The fraction of sp³-hybridized carbons (Fsp3) is 0.450. The van der Waals surface area contributed by atoms with E-state index < -0.39 is 23.9 Å². The third-order valence-electron chi connectivity index (χ3n) is 5.29. The molecule has 2 heterocycles. The molecule has 29 heavy (non-hydrogen) atoms. The highest BCUT2D eigenvalue weighted by atomic mass is 19.1. The predicted octanol–water partition coefficient (Wildman–Crippen LogP) is 0.858. The number of nitriles is 1. The molecule has 3 N–H and O–H groups in total. The summed E-state index contributed by atoms with van der Waals surface area (Å²) in [5, 5.41) is 32.1. The van der Waals surface area contributed by atoms with Crippen LogP contribution < -0.4 is 10.2 Å². The number of amides is 1. The van der Waals surface area contributed by atoms with E-state index in [1.807, 2.05) is 11.0 Å². The Morgan fingerprint density at radius 3 is 2.76 bits per heavy atom. The van der Waals surface area contributed by atoms with E-state index in [1.165, 1.54) is 18.3 Å². The first-order valence-electron chi connectivity index (χ1n) is 9.46. The summed E-state index contributed by atoms with van der Waals surface area (Å²) in [6.45, 7) is 1.74. The van der Waals surface area contributed by atoms with E-state index in [1.54, 1.807) is 23.9 Å². The van der Waals surface area contributed by atoms with Gasteiger partial charge < -0.3 is 25.0 Å². The van der Waals surface area contributed by atoms with Crippen LogP contribution in [0.4, 0.5) is 10.1 Å². The minimum atomic E-state index is -1.60. The van der Waals surface area contributed by atoms with Crippen LogP contribution in [0.1, 0.15) is 30.3 Å². The highest BCUT2D eigenvalue weighted by molar-refractivity contribution is 5.81. The Morgan fingerprint density at radius 2 is 2.14 bits per heavy atom. The highest BCUT2D eigenvalue weighted by Crippen LogP contribution is 2.26. The van der Waals surface area contributed by atoms with E-state index in [0.717, 1.165) is 12.8 Å². The monoisotopic (exact) mass is 401 g/mol. The van der Waals surface area contributed by atoms with Gasteiger partial charge >= 0.3 is 0 Å². The average molecular weight is 401 g/mol. The molecule has 1 saturated heterocycles. The number of hydrogen-bond donors (Lipinski definition) is 3. The van der Waals surface area contributed by atoms with Crippen molar-refractivity contribution in [2.45, 2.75) is 25.0 Å². The van der Waals surface area contributed by atoms with Crippen molar-refractivity contribution in [1.29, 1.82) is 5.26 Å². The number of piperidine rings is 1. The van der Waals surface area contributed by atoms with Gasteiger partial charge in [0.2, 0.25) is 0 Å². The van der Waals surface area contributed by atoms with Crippen LogP contribution in [0.15, 0.2) is 30.6 Å². The topological polar surface area (TPSA) is 114 Å². The lowest BCUT2D eigenvalue weighted by Gasteiger charge is -2.34. The molecule has 154 valence electrons. The van der Waals surface area contributed by atoms with Crippen LogP contribution in [0, 0.1) is 23.1 Å². The van der Waals surface area contributed by atoms with Gasteiger partial charge in [0, 0.05) is 39.1 Å². The molecular formula is C20H24FN5O3. The maximum absolute atomic E-state index is 13.3. The normalized spacial score (nSPS) is 16.9. The fourth-order valence-electron chi connectivity index (χ4n) is 3.55. The molecule has 3 rings (SSSR count). The molecule has 0 bridgehead atoms. The molecule has 0 unspecified atom stereocenters. The Bertz CT molecular complexity index is 902. The van der Waals surface area contributed by atoms with Crippen molar-refractivity contribution in [1.82, 2.24) is 14.9 Å². The molecule has 9 heteroatoms. The van der Waals surface area contributed by atoms with Crippen LogP contribution in [0.25, 0.3) is 0 Å². The van der Waals surface area contributed by atoms with Crippen molar-refractivity contribution in [3.63, 3.8) is 0 Å². The van der Waals surface area contributed by atoms with Crippen molar-refractivity contribution in [3.05, 3.63) is 47.8 Å². The highest BCUT2D eigenvalue weighted by Gasteiger charge is 2.29. The maximum atomic E-state index is 13.3. The van der Waals surface area contributed by atoms with Crippen LogP contribution in [-0.2, 0) is 11.8 Å². The molecular weight excluding hydrogens is 377 g/mol. The molecule has 1 aliphatic heterocycles. The molecule has 1 aromatic heterocycles. The van der Waals surface area contributed by atoms with E-state index in [0.29, 0.717) is 30.9 Å². The van der Waals surface area contributed by atoms with Crippen LogP contribution in [0.2, 0.25) is 0 Å². The molecule has 0 saturated carbocycles. The number of aryl methyl sites for hydroxylation is 1. The largest absolute Gasteiger partial charge is 0.382 e. The lowest BCUT2D eigenvalue weighted by molar-refractivity contribution is -0.136. The Kier molecular flexibility index (Phi) is 6.46. The number of imidazole rings is 1.